The molecule has 94 valence electrons. The lowest BCUT2D eigenvalue weighted by molar-refractivity contribution is 1.14. The second kappa shape index (κ2) is 5.40. The fourth-order valence-corrected chi connectivity index (χ4v) is 2.12. The summed E-state index contributed by atoms with van der Waals surface area (Å²) in [4.78, 5) is 4.31. The Morgan fingerprint density at radius 1 is 1.39 bits per heavy atom. The Bertz CT molecular complexity index is 567. The molecule has 2 aromatic rings. The van der Waals surface area contributed by atoms with E-state index in [1.54, 1.807) is 6.20 Å². The van der Waals surface area contributed by atoms with Gasteiger partial charge in [-0.2, -0.15) is 0 Å². The molecule has 2 rings (SSSR count). The summed E-state index contributed by atoms with van der Waals surface area (Å²) in [7, 11) is 0. The number of nitrogens with one attached hydrogen (secondary N) is 1. The summed E-state index contributed by atoms with van der Waals surface area (Å²) >= 11 is 3.52. The SMILES string of the molecule is CCc1cccc(Nc2ncc(N)c(C)c2Br)c1. The van der Waals surface area contributed by atoms with Crippen LogP contribution in [0, 0.1) is 6.92 Å². The van der Waals surface area contributed by atoms with Crippen LogP contribution in [0.3, 0.4) is 0 Å². The maximum Gasteiger partial charge on any atom is 0.145 e. The zero-order valence-electron chi connectivity index (χ0n) is 10.5. The van der Waals surface area contributed by atoms with Gasteiger partial charge in [0, 0.05) is 5.69 Å². The van der Waals surface area contributed by atoms with Crippen LogP contribution in [-0.2, 0) is 6.42 Å². The maximum atomic E-state index is 5.81. The normalized spacial score (nSPS) is 10.4. The van der Waals surface area contributed by atoms with E-state index in [9.17, 15) is 0 Å². The topological polar surface area (TPSA) is 50.9 Å². The van der Waals surface area contributed by atoms with E-state index < -0.39 is 0 Å². The molecule has 1 heterocycles. The number of aryl methyl sites for hydroxylation is 1. The van der Waals surface area contributed by atoms with Crippen molar-refractivity contribution in [3.05, 3.63) is 46.1 Å². The van der Waals surface area contributed by atoms with Crippen LogP contribution in [0.4, 0.5) is 17.2 Å². The Labute approximate surface area is 116 Å². The molecule has 0 atom stereocenters. The van der Waals surface area contributed by atoms with Gasteiger partial charge in [0.1, 0.15) is 5.82 Å². The van der Waals surface area contributed by atoms with Crippen molar-refractivity contribution in [3.8, 4) is 0 Å². The van der Waals surface area contributed by atoms with Crippen LogP contribution in [-0.4, -0.2) is 4.98 Å². The Hall–Kier alpha value is -1.55. The molecule has 0 aliphatic rings. The van der Waals surface area contributed by atoms with Crippen LogP contribution >= 0.6 is 15.9 Å². The first-order chi connectivity index (χ1) is 8.61. The summed E-state index contributed by atoms with van der Waals surface area (Å²) < 4.78 is 0.907. The number of nitrogen functional groups attached to an aromatic ring is 1. The molecule has 1 aromatic heterocycles. The Kier molecular flexibility index (Phi) is 3.87. The first kappa shape index (κ1) is 12.9. The quantitative estimate of drug-likeness (QED) is 0.899. The highest BCUT2D eigenvalue weighted by Gasteiger charge is 2.07. The number of aromatic nitrogens is 1. The van der Waals surface area contributed by atoms with E-state index in [0.717, 1.165) is 28.0 Å². The molecule has 0 spiro atoms. The number of nitrogens with two attached hydrogens (primary N) is 1. The lowest BCUT2D eigenvalue weighted by Crippen LogP contribution is -1.99. The fraction of sp³-hybridized carbons (Fsp3) is 0.214. The van der Waals surface area contributed by atoms with Gasteiger partial charge in [0.15, 0.2) is 0 Å². The maximum absolute atomic E-state index is 5.81. The predicted molar refractivity (Wildman–Crippen MR) is 80.2 cm³/mol. The van der Waals surface area contributed by atoms with Crippen LogP contribution in [0.5, 0.6) is 0 Å². The summed E-state index contributed by atoms with van der Waals surface area (Å²) in [5, 5.41) is 3.30. The monoisotopic (exact) mass is 305 g/mol. The van der Waals surface area contributed by atoms with E-state index in [2.05, 4.69) is 45.3 Å². The minimum Gasteiger partial charge on any atom is -0.397 e. The van der Waals surface area contributed by atoms with Crippen LogP contribution in [0.25, 0.3) is 0 Å². The third-order valence-corrected chi connectivity index (χ3v) is 3.87. The highest BCUT2D eigenvalue weighted by atomic mass is 79.9. The molecule has 0 bridgehead atoms. The number of hydrogen-bond donors (Lipinski definition) is 2. The molecule has 3 N–H and O–H groups in total. The lowest BCUT2D eigenvalue weighted by Gasteiger charge is -2.11. The molecule has 0 unspecified atom stereocenters. The molecule has 0 aliphatic heterocycles. The van der Waals surface area contributed by atoms with Gasteiger partial charge in [0.05, 0.1) is 16.4 Å². The van der Waals surface area contributed by atoms with Gasteiger partial charge in [0.25, 0.3) is 0 Å². The van der Waals surface area contributed by atoms with Gasteiger partial charge in [-0.05, 0) is 52.5 Å². The second-order valence-electron chi connectivity index (χ2n) is 4.18. The third-order valence-electron chi connectivity index (χ3n) is 2.90. The van der Waals surface area contributed by atoms with Gasteiger partial charge < -0.3 is 11.1 Å². The van der Waals surface area contributed by atoms with Gasteiger partial charge in [-0.15, -0.1) is 0 Å². The van der Waals surface area contributed by atoms with Crippen LogP contribution in [0.1, 0.15) is 18.1 Å². The van der Waals surface area contributed by atoms with E-state index in [-0.39, 0.29) is 0 Å². The number of rotatable bonds is 3. The van der Waals surface area contributed by atoms with Crippen molar-refractivity contribution in [2.45, 2.75) is 20.3 Å². The van der Waals surface area contributed by atoms with Gasteiger partial charge >= 0.3 is 0 Å². The van der Waals surface area contributed by atoms with Crippen molar-refractivity contribution >= 4 is 33.1 Å². The van der Waals surface area contributed by atoms with E-state index in [0.29, 0.717) is 5.69 Å². The van der Waals surface area contributed by atoms with Gasteiger partial charge in [0.2, 0.25) is 0 Å². The van der Waals surface area contributed by atoms with Crippen molar-refractivity contribution in [3.63, 3.8) is 0 Å². The van der Waals surface area contributed by atoms with Crippen LogP contribution < -0.4 is 11.1 Å². The average Bonchev–Trinajstić information content (AvgIpc) is 2.40. The second-order valence-corrected chi connectivity index (χ2v) is 4.97. The first-order valence-electron chi connectivity index (χ1n) is 5.88. The van der Waals surface area contributed by atoms with Crippen molar-refractivity contribution in [1.82, 2.24) is 4.98 Å². The largest absolute Gasteiger partial charge is 0.397 e. The number of halogens is 1. The highest BCUT2D eigenvalue weighted by molar-refractivity contribution is 9.10. The first-order valence-corrected chi connectivity index (χ1v) is 6.67. The zero-order chi connectivity index (χ0) is 13.1. The van der Waals surface area contributed by atoms with E-state index in [1.807, 2.05) is 19.1 Å². The van der Waals surface area contributed by atoms with Gasteiger partial charge in [-0.1, -0.05) is 19.1 Å². The Balaban J connectivity index is 2.31. The van der Waals surface area contributed by atoms with E-state index in [1.165, 1.54) is 5.56 Å². The third kappa shape index (κ3) is 2.64. The number of pyridine rings is 1. The molecule has 1 aromatic carbocycles. The number of nitrogens with zero attached hydrogens (tertiary/aromatic N) is 1. The van der Waals surface area contributed by atoms with Gasteiger partial charge in [-0.3, -0.25) is 0 Å². The van der Waals surface area contributed by atoms with Crippen molar-refractivity contribution < 1.29 is 0 Å². The molecule has 0 saturated carbocycles. The summed E-state index contributed by atoms with van der Waals surface area (Å²) in [5.74, 6) is 0.787. The lowest BCUT2D eigenvalue weighted by atomic mass is 10.1. The smallest absolute Gasteiger partial charge is 0.145 e. The summed E-state index contributed by atoms with van der Waals surface area (Å²) in [6.07, 6.45) is 2.69. The molecule has 3 nitrogen and oxygen atoms in total. The standard InChI is InChI=1S/C14H16BrN3/c1-3-10-5-4-6-11(7-10)18-14-13(15)9(2)12(16)8-17-14/h4-8H,3,16H2,1-2H3,(H,17,18). The number of anilines is 3. The van der Waals surface area contributed by atoms with Crippen molar-refractivity contribution in [2.24, 2.45) is 0 Å². The van der Waals surface area contributed by atoms with E-state index in [4.69, 9.17) is 5.73 Å². The minimum absolute atomic E-state index is 0.690. The highest BCUT2D eigenvalue weighted by Crippen LogP contribution is 2.29. The number of hydrogen-bond acceptors (Lipinski definition) is 3. The predicted octanol–water partition coefficient (Wildman–Crippen LogP) is 4.04. The van der Waals surface area contributed by atoms with E-state index >= 15 is 0 Å². The van der Waals surface area contributed by atoms with Crippen LogP contribution in [0.15, 0.2) is 34.9 Å². The molecule has 4 heteroatoms. The van der Waals surface area contributed by atoms with Crippen molar-refractivity contribution in [2.75, 3.05) is 11.1 Å². The average molecular weight is 306 g/mol. The minimum atomic E-state index is 0.690. The molecule has 0 amide bonds. The van der Waals surface area contributed by atoms with Gasteiger partial charge in [-0.25, -0.2) is 4.98 Å². The van der Waals surface area contributed by atoms with Crippen LogP contribution in [0.2, 0.25) is 0 Å². The fourth-order valence-electron chi connectivity index (χ4n) is 1.68. The Morgan fingerprint density at radius 3 is 2.89 bits per heavy atom. The number of benzene rings is 1. The zero-order valence-corrected chi connectivity index (χ0v) is 12.1. The Morgan fingerprint density at radius 2 is 2.17 bits per heavy atom. The molecular formula is C14H16BrN3. The molecule has 0 aliphatic carbocycles. The van der Waals surface area contributed by atoms with Crippen molar-refractivity contribution in [1.29, 1.82) is 0 Å². The molecular weight excluding hydrogens is 290 g/mol. The summed E-state index contributed by atoms with van der Waals surface area (Å²) in [6, 6.07) is 8.31. The molecule has 0 saturated heterocycles. The molecule has 0 radical (unpaired) electrons. The summed E-state index contributed by atoms with van der Waals surface area (Å²) in [5.41, 5.74) is 9.83. The molecule has 18 heavy (non-hydrogen) atoms. The summed E-state index contributed by atoms with van der Waals surface area (Å²) in [6.45, 7) is 4.11. The molecule has 0 fully saturated rings.